The van der Waals surface area contributed by atoms with Crippen LogP contribution in [0.15, 0.2) is 47.4 Å². The van der Waals surface area contributed by atoms with Crippen molar-refractivity contribution in [2.75, 3.05) is 0 Å². The first-order valence-corrected chi connectivity index (χ1v) is 10.3. The van der Waals surface area contributed by atoms with Crippen molar-refractivity contribution in [3.05, 3.63) is 59.7 Å². The molecule has 0 saturated heterocycles. The molecule has 148 valence electrons. The molecule has 0 aliphatic rings. The van der Waals surface area contributed by atoms with Gasteiger partial charge in [-0.3, -0.25) is 0 Å². The summed E-state index contributed by atoms with van der Waals surface area (Å²) >= 11 is 0. The van der Waals surface area contributed by atoms with Crippen LogP contribution in [0.5, 0.6) is 0 Å². The summed E-state index contributed by atoms with van der Waals surface area (Å²) in [6.07, 6.45) is 1.81. The zero-order valence-corrected chi connectivity index (χ0v) is 16.1. The summed E-state index contributed by atoms with van der Waals surface area (Å²) < 4.78 is 43.6. The second-order valence-corrected chi connectivity index (χ2v) is 7.88. The van der Waals surface area contributed by atoms with Crippen LogP contribution >= 0.6 is 0 Å². The molecular weight excluding hydrogens is 385 g/mol. The number of carbonyl (C=O) groups excluding carboxylic acids is 1. The Morgan fingerprint density at radius 3 is 2.71 bits per heavy atom. The summed E-state index contributed by atoms with van der Waals surface area (Å²) in [6.45, 7) is 2.55. The van der Waals surface area contributed by atoms with Gasteiger partial charge >= 0.3 is 5.97 Å². The van der Waals surface area contributed by atoms with Crippen molar-refractivity contribution in [3.63, 3.8) is 0 Å². The van der Waals surface area contributed by atoms with Crippen molar-refractivity contribution in [1.82, 2.24) is 9.55 Å². The van der Waals surface area contributed by atoms with Gasteiger partial charge in [-0.25, -0.2) is 27.7 Å². The Morgan fingerprint density at radius 1 is 1.25 bits per heavy atom. The molecule has 0 bridgehead atoms. The number of aryl methyl sites for hydroxylation is 1. The lowest BCUT2D eigenvalue weighted by molar-refractivity contribution is 0.0458. The van der Waals surface area contributed by atoms with E-state index in [2.05, 4.69) is 4.98 Å². The fraction of sp³-hybridized carbons (Fsp3) is 0.263. The predicted octanol–water partition coefficient (Wildman–Crippen LogP) is 2.98. The lowest BCUT2D eigenvalue weighted by Crippen LogP contribution is -2.12. The number of fused-ring (bicyclic) bond motifs is 1. The van der Waals surface area contributed by atoms with Gasteiger partial charge < -0.3 is 9.30 Å². The highest BCUT2D eigenvalue weighted by Crippen LogP contribution is 2.21. The molecule has 0 amide bonds. The third kappa shape index (κ3) is 4.37. The van der Waals surface area contributed by atoms with Crippen molar-refractivity contribution in [1.29, 1.82) is 0 Å². The number of hydrogen-bond acceptors (Lipinski definition) is 5. The fourth-order valence-electron chi connectivity index (χ4n) is 2.84. The summed E-state index contributed by atoms with van der Waals surface area (Å²) in [6, 6.07) is 9.68. The van der Waals surface area contributed by atoms with Gasteiger partial charge in [-0.15, -0.1) is 0 Å². The molecule has 9 heteroatoms. The number of rotatable bonds is 7. The highest BCUT2D eigenvalue weighted by molar-refractivity contribution is 7.89. The highest BCUT2D eigenvalue weighted by atomic mass is 32.2. The maximum absolute atomic E-state index is 13.3. The maximum Gasteiger partial charge on any atom is 0.338 e. The Kier molecular flexibility index (Phi) is 5.76. The smallest absolute Gasteiger partial charge is 0.338 e. The van der Waals surface area contributed by atoms with Gasteiger partial charge in [0.2, 0.25) is 10.0 Å². The quantitative estimate of drug-likeness (QED) is 0.609. The maximum atomic E-state index is 13.3. The van der Waals surface area contributed by atoms with Gasteiger partial charge in [-0.05, 0) is 42.8 Å². The molecule has 2 aromatic carbocycles. The molecule has 0 aliphatic heterocycles. The Balaban J connectivity index is 1.91. The van der Waals surface area contributed by atoms with E-state index in [0.29, 0.717) is 17.9 Å². The van der Waals surface area contributed by atoms with Gasteiger partial charge in [0.15, 0.2) is 0 Å². The third-order valence-corrected chi connectivity index (χ3v) is 5.17. The highest BCUT2D eigenvalue weighted by Gasteiger charge is 2.16. The lowest BCUT2D eigenvalue weighted by atomic mass is 10.2. The Bertz CT molecular complexity index is 1130. The number of ether oxygens (including phenoxy) is 1. The predicted molar refractivity (Wildman–Crippen MR) is 102 cm³/mol. The van der Waals surface area contributed by atoms with Gasteiger partial charge in [0.1, 0.15) is 18.2 Å². The molecule has 3 rings (SSSR count). The van der Waals surface area contributed by atoms with Crippen molar-refractivity contribution in [2.45, 2.75) is 37.8 Å². The molecule has 0 fully saturated rings. The molecule has 7 nitrogen and oxygen atoms in total. The standard InChI is InChI=1S/C19H20FN3O4S/c1-2-3-9-23-17-8-7-15(28(21,25)26)11-16(17)22-18(23)12-27-19(24)13-5-4-6-14(20)10-13/h4-8,10-11H,2-3,9,12H2,1H3,(H2,21,25,26). The molecule has 2 N–H and O–H groups in total. The van der Waals surface area contributed by atoms with Crippen molar-refractivity contribution in [3.8, 4) is 0 Å². The molecule has 28 heavy (non-hydrogen) atoms. The first-order valence-electron chi connectivity index (χ1n) is 8.74. The first kappa shape index (κ1) is 20.0. The van der Waals surface area contributed by atoms with E-state index in [9.17, 15) is 17.6 Å². The lowest BCUT2D eigenvalue weighted by Gasteiger charge is -2.09. The summed E-state index contributed by atoms with van der Waals surface area (Å²) in [7, 11) is -3.85. The molecular formula is C19H20FN3O4S. The van der Waals surface area contributed by atoms with E-state index in [4.69, 9.17) is 9.88 Å². The first-order chi connectivity index (χ1) is 13.3. The number of halogens is 1. The van der Waals surface area contributed by atoms with Crippen LogP contribution in [0.2, 0.25) is 0 Å². The van der Waals surface area contributed by atoms with Gasteiger partial charge in [-0.2, -0.15) is 0 Å². The van der Waals surface area contributed by atoms with E-state index in [1.807, 2.05) is 11.5 Å². The summed E-state index contributed by atoms with van der Waals surface area (Å²) in [5, 5.41) is 5.19. The van der Waals surface area contributed by atoms with E-state index < -0.39 is 21.8 Å². The van der Waals surface area contributed by atoms with Gasteiger partial charge in [0, 0.05) is 6.54 Å². The number of sulfonamides is 1. The number of unbranched alkanes of at least 4 members (excludes halogenated alkanes) is 1. The molecule has 0 aliphatic carbocycles. The van der Waals surface area contributed by atoms with Crippen LogP contribution in [-0.4, -0.2) is 23.9 Å². The normalized spacial score (nSPS) is 11.7. The van der Waals surface area contributed by atoms with Gasteiger partial charge in [0.25, 0.3) is 0 Å². The van der Waals surface area contributed by atoms with Gasteiger partial charge in [-0.1, -0.05) is 19.4 Å². The number of hydrogen-bond donors (Lipinski definition) is 1. The van der Waals surface area contributed by atoms with Crippen molar-refractivity contribution < 1.29 is 22.3 Å². The number of carbonyl (C=O) groups is 1. The molecule has 1 aromatic heterocycles. The SMILES string of the molecule is CCCCn1c(COC(=O)c2cccc(F)c2)nc2cc(S(N)(=O)=O)ccc21. The van der Waals surface area contributed by atoms with Crippen LogP contribution in [0.1, 0.15) is 35.9 Å². The average molecular weight is 405 g/mol. The second kappa shape index (κ2) is 8.07. The molecule has 0 unspecified atom stereocenters. The topological polar surface area (TPSA) is 104 Å². The number of esters is 1. The van der Waals surface area contributed by atoms with Crippen LogP contribution < -0.4 is 5.14 Å². The number of nitrogens with zero attached hydrogens (tertiary/aromatic N) is 2. The number of aromatic nitrogens is 2. The van der Waals surface area contributed by atoms with Crippen LogP contribution in [-0.2, 0) is 27.9 Å². The monoisotopic (exact) mass is 405 g/mol. The minimum absolute atomic E-state index is 0.0385. The van der Waals surface area contributed by atoms with Crippen molar-refractivity contribution >= 4 is 27.0 Å². The van der Waals surface area contributed by atoms with E-state index in [1.54, 1.807) is 6.07 Å². The fourth-order valence-corrected chi connectivity index (χ4v) is 3.37. The number of imidazole rings is 1. The van der Waals surface area contributed by atoms with Crippen LogP contribution in [0.25, 0.3) is 11.0 Å². The van der Waals surface area contributed by atoms with Crippen LogP contribution in [0.3, 0.4) is 0 Å². The third-order valence-electron chi connectivity index (χ3n) is 4.26. The van der Waals surface area contributed by atoms with E-state index >= 15 is 0 Å². The molecule has 0 atom stereocenters. The van der Waals surface area contributed by atoms with E-state index in [0.717, 1.165) is 24.4 Å². The minimum atomic E-state index is -3.85. The molecule has 0 saturated carbocycles. The van der Waals surface area contributed by atoms with E-state index in [-0.39, 0.29) is 17.1 Å². The Labute approximate surface area is 162 Å². The summed E-state index contributed by atoms with van der Waals surface area (Å²) in [5.74, 6) is -0.723. The zero-order chi connectivity index (χ0) is 20.3. The van der Waals surface area contributed by atoms with Gasteiger partial charge in [0.05, 0.1) is 21.5 Å². The molecule has 3 aromatic rings. The summed E-state index contributed by atoms with van der Waals surface area (Å²) in [4.78, 5) is 16.6. The van der Waals surface area contributed by atoms with Crippen LogP contribution in [0, 0.1) is 5.82 Å². The largest absolute Gasteiger partial charge is 0.454 e. The van der Waals surface area contributed by atoms with Crippen molar-refractivity contribution in [2.24, 2.45) is 5.14 Å². The van der Waals surface area contributed by atoms with E-state index in [1.165, 1.54) is 30.3 Å². The number of benzene rings is 2. The minimum Gasteiger partial charge on any atom is -0.454 e. The van der Waals surface area contributed by atoms with Crippen LogP contribution in [0.4, 0.5) is 4.39 Å². The Morgan fingerprint density at radius 2 is 2.04 bits per heavy atom. The molecule has 0 radical (unpaired) electrons. The Hall–Kier alpha value is -2.78. The number of primary sulfonamides is 1. The second-order valence-electron chi connectivity index (χ2n) is 6.32. The molecule has 1 heterocycles. The average Bonchev–Trinajstić information content (AvgIpc) is 3.00. The molecule has 0 spiro atoms. The number of nitrogens with two attached hydrogens (primary N) is 1. The zero-order valence-electron chi connectivity index (χ0n) is 15.3. The summed E-state index contributed by atoms with van der Waals surface area (Å²) in [5.41, 5.74) is 1.27.